The Morgan fingerprint density at radius 1 is 0.766 bits per heavy atom. The molecule has 0 atom stereocenters. The van der Waals surface area contributed by atoms with Crippen molar-refractivity contribution >= 4 is 87.2 Å². The van der Waals surface area contributed by atoms with Crippen molar-refractivity contribution in [3.05, 3.63) is 99.8 Å². The van der Waals surface area contributed by atoms with Gasteiger partial charge in [-0.15, -0.1) is 28.6 Å². The fourth-order valence-corrected chi connectivity index (χ4v) is 8.64. The maximum absolute atomic E-state index is 12.2. The predicted octanol–water partition coefficient (Wildman–Crippen LogP) is 6.59. The van der Waals surface area contributed by atoms with Crippen molar-refractivity contribution in [1.82, 2.24) is 5.06 Å². The molecule has 1 fully saturated rings. The maximum atomic E-state index is 12.2. The summed E-state index contributed by atoms with van der Waals surface area (Å²) in [5, 5.41) is 0.580. The molecule has 9 nitrogen and oxygen atoms in total. The number of hydroxylamine groups is 2. The number of hydrogen-bond acceptors (Lipinski definition) is 9. The molecule has 13 heteroatoms. The molecule has 0 spiro atoms. The number of amides is 2. The number of rotatable bonds is 15. The summed E-state index contributed by atoms with van der Waals surface area (Å²) in [6.45, 7) is 0.703. The van der Waals surface area contributed by atoms with Crippen LogP contribution in [0, 0.1) is 0 Å². The van der Waals surface area contributed by atoms with Gasteiger partial charge in [0, 0.05) is 77.0 Å². The summed E-state index contributed by atoms with van der Waals surface area (Å²) >= 11 is 3.30. The summed E-state index contributed by atoms with van der Waals surface area (Å²) in [6.07, 6.45) is 2.67. The summed E-state index contributed by atoms with van der Waals surface area (Å²) < 4.78 is 33.1. The summed E-state index contributed by atoms with van der Waals surface area (Å²) in [5.41, 5.74) is 6.65. The molecule has 3 aromatic carbocycles. The van der Waals surface area contributed by atoms with Gasteiger partial charge >= 0.3 is 5.97 Å². The molecule has 0 aromatic heterocycles. The molecule has 2 aliphatic rings. The molecule has 0 unspecified atom stereocenters. The van der Waals surface area contributed by atoms with Crippen molar-refractivity contribution < 1.29 is 32.2 Å². The average molecular weight is 688 g/mol. The van der Waals surface area contributed by atoms with E-state index in [2.05, 4.69) is 41.3 Å². The first kappa shape index (κ1) is 36.8. The van der Waals surface area contributed by atoms with Crippen molar-refractivity contribution in [2.75, 3.05) is 22.2 Å². The average Bonchev–Trinajstić information content (AvgIpc) is 3.36. The second-order valence-electron chi connectivity index (χ2n) is 11.0. The van der Waals surface area contributed by atoms with Crippen LogP contribution in [-0.4, -0.2) is 71.9 Å². The molecule has 3 aromatic rings. The normalized spacial score (nSPS) is 14.0. The van der Waals surface area contributed by atoms with E-state index in [1.807, 2.05) is 42.5 Å². The van der Waals surface area contributed by atoms with E-state index in [1.54, 1.807) is 23.5 Å². The molecular weight excluding hydrogens is 652 g/mol. The number of hydrogen-bond donors (Lipinski definition) is 1. The Morgan fingerprint density at radius 3 is 1.91 bits per heavy atom. The van der Waals surface area contributed by atoms with E-state index in [0.717, 1.165) is 50.9 Å². The molecule has 1 saturated heterocycles. The number of para-hydroxylation sites is 2. The van der Waals surface area contributed by atoms with Crippen LogP contribution in [-0.2, 0) is 35.9 Å². The molecular formula is C34H36LiN2O7S3. The Bertz CT molecular complexity index is 1650. The van der Waals surface area contributed by atoms with E-state index in [9.17, 15) is 27.4 Å². The van der Waals surface area contributed by atoms with E-state index < -0.39 is 27.9 Å². The summed E-state index contributed by atoms with van der Waals surface area (Å²) in [4.78, 5) is 42.9. The number of anilines is 2. The van der Waals surface area contributed by atoms with Crippen LogP contribution in [0.15, 0.2) is 83.1 Å². The zero-order valence-corrected chi connectivity index (χ0v) is 28.7. The Hall–Kier alpha value is -2.98. The molecule has 2 heterocycles. The van der Waals surface area contributed by atoms with Gasteiger partial charge in [-0.1, -0.05) is 73.2 Å². The number of thioether (sulfide) groups is 2. The number of carbonyl (C=O) groups excluding carboxylic acids is 3. The SMILES string of the molecule is O=C(CCCCCSC(SCCCS(=O)(=O)O)=C1c2ccccc2N(Cc2ccccc2)c2ccccc21)ON1C(=O)CCC1=O.[Li]. The number of imide groups is 1. The van der Waals surface area contributed by atoms with E-state index in [0.29, 0.717) is 30.2 Å². The van der Waals surface area contributed by atoms with Gasteiger partial charge in [-0.3, -0.25) is 14.1 Å². The van der Waals surface area contributed by atoms with Crippen LogP contribution in [0.1, 0.15) is 61.6 Å². The smallest absolute Gasteiger partial charge is 0.333 e. The van der Waals surface area contributed by atoms with Crippen molar-refractivity contribution in [3.8, 4) is 0 Å². The van der Waals surface area contributed by atoms with Crippen molar-refractivity contribution in [2.24, 2.45) is 0 Å². The topological polar surface area (TPSA) is 121 Å². The molecule has 5 rings (SSSR count). The number of unbranched alkanes of at least 4 members (excludes halogenated alkanes) is 2. The van der Waals surface area contributed by atoms with Crippen LogP contribution >= 0.6 is 23.5 Å². The van der Waals surface area contributed by atoms with Gasteiger partial charge in [-0.2, -0.15) is 8.42 Å². The maximum Gasteiger partial charge on any atom is 0.333 e. The molecule has 0 aliphatic carbocycles. The molecule has 1 N–H and O–H groups in total. The van der Waals surface area contributed by atoms with Crippen molar-refractivity contribution in [1.29, 1.82) is 0 Å². The van der Waals surface area contributed by atoms with Crippen LogP contribution < -0.4 is 4.90 Å². The predicted molar refractivity (Wildman–Crippen MR) is 189 cm³/mol. The van der Waals surface area contributed by atoms with Gasteiger partial charge in [0.15, 0.2) is 0 Å². The third-order valence-corrected chi connectivity index (χ3v) is 11.0. The molecule has 2 aliphatic heterocycles. The largest absolute Gasteiger partial charge is 0.336 e. The van der Waals surface area contributed by atoms with Gasteiger partial charge in [-0.05, 0) is 48.5 Å². The minimum Gasteiger partial charge on any atom is -0.336 e. The second kappa shape index (κ2) is 17.4. The van der Waals surface area contributed by atoms with Gasteiger partial charge in [0.1, 0.15) is 0 Å². The summed E-state index contributed by atoms with van der Waals surface area (Å²) in [7, 11) is -4.05. The Morgan fingerprint density at radius 2 is 1.32 bits per heavy atom. The summed E-state index contributed by atoms with van der Waals surface area (Å²) in [6, 6.07) is 27.0. The monoisotopic (exact) mass is 687 g/mol. The van der Waals surface area contributed by atoms with Crippen LogP contribution in [0.3, 0.4) is 0 Å². The number of fused-ring (bicyclic) bond motifs is 2. The minimum absolute atomic E-state index is 0. The van der Waals surface area contributed by atoms with Crippen LogP contribution in [0.2, 0.25) is 0 Å². The molecule has 2 amide bonds. The molecule has 0 bridgehead atoms. The van der Waals surface area contributed by atoms with E-state index in [1.165, 1.54) is 5.56 Å². The molecule has 1 radical (unpaired) electrons. The summed E-state index contributed by atoms with van der Waals surface area (Å²) in [5.74, 6) is -0.583. The first-order valence-electron chi connectivity index (χ1n) is 15.2. The Labute approximate surface area is 296 Å². The van der Waals surface area contributed by atoms with Gasteiger partial charge in [0.05, 0.1) is 5.75 Å². The van der Waals surface area contributed by atoms with Gasteiger partial charge < -0.3 is 9.74 Å². The Kier molecular flexibility index (Phi) is 13.7. The minimum atomic E-state index is -4.05. The third-order valence-electron chi connectivity index (χ3n) is 7.55. The van der Waals surface area contributed by atoms with Gasteiger partial charge in [0.2, 0.25) is 0 Å². The number of carbonyl (C=O) groups is 3. The quantitative estimate of drug-likeness (QED) is 0.0811. The molecule has 47 heavy (non-hydrogen) atoms. The molecule has 0 saturated carbocycles. The molecule has 243 valence electrons. The van der Waals surface area contributed by atoms with E-state index >= 15 is 0 Å². The fraction of sp³-hybridized carbons (Fsp3) is 0.324. The number of benzene rings is 3. The van der Waals surface area contributed by atoms with Crippen LogP contribution in [0.5, 0.6) is 0 Å². The van der Waals surface area contributed by atoms with Crippen molar-refractivity contribution in [2.45, 2.75) is 51.5 Å². The zero-order chi connectivity index (χ0) is 32.5. The fourth-order valence-electron chi connectivity index (χ4n) is 5.38. The number of nitrogens with zero attached hydrogens (tertiary/aromatic N) is 2. The standard InChI is InChI=1S/C34H36N2O7S3.Li/c37-30-19-20-31(38)36(30)43-32(39)18-5-2-10-21-44-34(45-22-11-23-46(40,41)42)33-26-14-6-8-16-28(26)35(24-25-12-3-1-4-13-25)29-17-9-7-15-27(29)33;/h1,3-4,6-9,12-17H,2,5,10-11,18-24H2,(H,40,41,42);. The second-order valence-corrected chi connectivity index (χ2v) is 15.0. The first-order valence-corrected chi connectivity index (χ1v) is 18.8. The van der Waals surface area contributed by atoms with Gasteiger partial charge in [0.25, 0.3) is 21.9 Å². The van der Waals surface area contributed by atoms with Gasteiger partial charge in [-0.25, -0.2) is 4.79 Å². The van der Waals surface area contributed by atoms with Crippen LogP contribution in [0.25, 0.3) is 5.57 Å². The van der Waals surface area contributed by atoms with E-state index in [4.69, 9.17) is 4.84 Å². The third kappa shape index (κ3) is 10.0. The first-order chi connectivity index (χ1) is 22.2. The van der Waals surface area contributed by atoms with E-state index in [-0.39, 0.29) is 43.9 Å². The van der Waals surface area contributed by atoms with Crippen LogP contribution in [0.4, 0.5) is 11.4 Å². The zero-order valence-electron chi connectivity index (χ0n) is 26.3. The Balaban J connectivity index is 0.00000500. The van der Waals surface area contributed by atoms with Crippen molar-refractivity contribution in [3.63, 3.8) is 0 Å².